The summed E-state index contributed by atoms with van der Waals surface area (Å²) < 4.78 is 31.7. The van der Waals surface area contributed by atoms with Crippen LogP contribution in [0.1, 0.15) is 18.2 Å². The molecule has 7 rings (SSSR count). The van der Waals surface area contributed by atoms with Gasteiger partial charge in [0.15, 0.2) is 0 Å². The molecule has 5 heterocycles. The number of rotatable bonds is 7. The van der Waals surface area contributed by atoms with E-state index in [1.165, 1.54) is 23.5 Å². The number of hydrogen-bond donors (Lipinski definition) is 1. The van der Waals surface area contributed by atoms with E-state index in [1.807, 2.05) is 41.1 Å². The highest BCUT2D eigenvalue weighted by Gasteiger charge is 2.30. The molecule has 0 unspecified atom stereocenters. The monoisotopic (exact) mass is 628 g/mol. The van der Waals surface area contributed by atoms with Gasteiger partial charge in [-0.25, -0.2) is 18.7 Å². The van der Waals surface area contributed by atoms with Crippen LogP contribution in [-0.2, 0) is 11.2 Å². The van der Waals surface area contributed by atoms with Gasteiger partial charge in [0.05, 0.1) is 35.4 Å². The number of piperazine rings is 1. The van der Waals surface area contributed by atoms with E-state index in [-0.39, 0.29) is 17.5 Å². The number of aliphatic hydroxyl groups is 1. The number of pyridine rings is 1. The highest BCUT2D eigenvalue weighted by atomic mass is 32.1. The quantitative estimate of drug-likeness (QED) is 0.265. The molecule has 0 spiro atoms. The summed E-state index contributed by atoms with van der Waals surface area (Å²) in [5.74, 6) is -0.539. The standard InChI is InChI=1S/C34H34F2N6O2S/c1-3-28-33(27-10-9-26(21(2)32(27)36)34-38-29(20-45-34)22-4-6-23(35)7-5-22)42-16-24(8-11-30(42)37-28)40-14-12-39(13-15-40)19-31(44)41-17-25(43)18-41/h4-11,16,20,25,43H,3,12-15,17-19H2,1-2H3. The van der Waals surface area contributed by atoms with Gasteiger partial charge in [-0.2, -0.15) is 0 Å². The highest BCUT2D eigenvalue weighted by Crippen LogP contribution is 2.37. The summed E-state index contributed by atoms with van der Waals surface area (Å²) in [4.78, 5) is 28.2. The lowest BCUT2D eigenvalue weighted by Gasteiger charge is -2.39. The van der Waals surface area contributed by atoms with Gasteiger partial charge in [-0.1, -0.05) is 13.0 Å². The maximum Gasteiger partial charge on any atom is 0.236 e. The first kappa shape index (κ1) is 29.5. The Morgan fingerprint density at radius 1 is 0.978 bits per heavy atom. The van der Waals surface area contributed by atoms with Crippen LogP contribution in [0.3, 0.4) is 0 Å². The fourth-order valence-corrected chi connectivity index (χ4v) is 7.08. The summed E-state index contributed by atoms with van der Waals surface area (Å²) in [6.07, 6.45) is 2.30. The van der Waals surface area contributed by atoms with Crippen LogP contribution in [0.2, 0.25) is 0 Å². The van der Waals surface area contributed by atoms with E-state index in [0.29, 0.717) is 42.2 Å². The molecule has 2 aliphatic heterocycles. The van der Waals surface area contributed by atoms with E-state index < -0.39 is 6.10 Å². The first-order chi connectivity index (χ1) is 21.8. The fraction of sp³-hybridized carbons (Fsp3) is 0.324. The van der Waals surface area contributed by atoms with E-state index >= 15 is 4.39 Å². The summed E-state index contributed by atoms with van der Waals surface area (Å²) in [7, 11) is 0. The number of thiazole rings is 1. The second-order valence-corrected chi connectivity index (χ2v) is 12.6. The zero-order chi connectivity index (χ0) is 31.2. The number of aromatic nitrogens is 3. The fourth-order valence-electron chi connectivity index (χ4n) is 6.17. The van der Waals surface area contributed by atoms with Gasteiger partial charge < -0.3 is 14.9 Å². The van der Waals surface area contributed by atoms with Crippen molar-refractivity contribution >= 4 is 28.6 Å². The third-order valence-electron chi connectivity index (χ3n) is 8.84. The number of hydrogen-bond acceptors (Lipinski definition) is 7. The second kappa shape index (κ2) is 12.0. The summed E-state index contributed by atoms with van der Waals surface area (Å²) in [5.41, 5.74) is 6.62. The maximum atomic E-state index is 16.3. The van der Waals surface area contributed by atoms with Crippen LogP contribution in [0, 0.1) is 18.6 Å². The predicted molar refractivity (Wildman–Crippen MR) is 172 cm³/mol. The molecule has 2 aromatic carbocycles. The molecule has 2 fully saturated rings. The number of carbonyl (C=O) groups excluding carboxylic acids is 1. The average Bonchev–Trinajstić information content (AvgIpc) is 3.66. The minimum absolute atomic E-state index is 0.0665. The number of imidazole rings is 1. The lowest BCUT2D eigenvalue weighted by atomic mass is 10.0. The number of aliphatic hydroxyl groups excluding tert-OH is 1. The van der Waals surface area contributed by atoms with Gasteiger partial charge in [-0.3, -0.25) is 14.1 Å². The van der Waals surface area contributed by atoms with E-state index in [1.54, 1.807) is 24.0 Å². The Hall–Kier alpha value is -4.19. The maximum absolute atomic E-state index is 16.3. The number of anilines is 1. The third-order valence-corrected chi connectivity index (χ3v) is 9.71. The van der Waals surface area contributed by atoms with Gasteiger partial charge in [0.25, 0.3) is 0 Å². The first-order valence-corrected chi connectivity index (χ1v) is 16.1. The van der Waals surface area contributed by atoms with Crippen LogP contribution in [-0.4, -0.2) is 87.1 Å². The largest absolute Gasteiger partial charge is 0.389 e. The van der Waals surface area contributed by atoms with Crippen molar-refractivity contribution in [2.45, 2.75) is 26.4 Å². The van der Waals surface area contributed by atoms with Crippen molar-refractivity contribution in [3.8, 4) is 33.1 Å². The smallest absolute Gasteiger partial charge is 0.236 e. The number of aryl methyl sites for hydroxylation is 1. The van der Waals surface area contributed by atoms with Gasteiger partial charge in [-0.15, -0.1) is 11.3 Å². The molecule has 3 aromatic heterocycles. The molecule has 5 aromatic rings. The minimum Gasteiger partial charge on any atom is -0.389 e. The summed E-state index contributed by atoms with van der Waals surface area (Å²) in [6, 6.07) is 14.0. The molecule has 0 atom stereocenters. The Morgan fingerprint density at radius 3 is 2.42 bits per heavy atom. The lowest BCUT2D eigenvalue weighted by Crippen LogP contribution is -2.57. The van der Waals surface area contributed by atoms with E-state index in [4.69, 9.17) is 9.97 Å². The molecule has 0 bridgehead atoms. The average molecular weight is 629 g/mol. The molecule has 0 aliphatic carbocycles. The van der Waals surface area contributed by atoms with E-state index in [2.05, 4.69) is 15.9 Å². The van der Waals surface area contributed by atoms with E-state index in [0.717, 1.165) is 65.7 Å². The zero-order valence-corrected chi connectivity index (χ0v) is 26.0. The number of carbonyl (C=O) groups is 1. The minimum atomic E-state index is -0.391. The van der Waals surface area contributed by atoms with Crippen LogP contribution in [0.25, 0.3) is 38.7 Å². The molecular weight excluding hydrogens is 594 g/mol. The molecule has 45 heavy (non-hydrogen) atoms. The molecular formula is C34H34F2N6O2S. The van der Waals surface area contributed by atoms with Gasteiger partial charge in [-0.05, 0) is 61.4 Å². The Kier molecular flexibility index (Phi) is 7.84. The molecule has 2 aliphatic rings. The van der Waals surface area contributed by atoms with Crippen LogP contribution < -0.4 is 4.90 Å². The zero-order valence-electron chi connectivity index (χ0n) is 25.2. The molecule has 8 nitrogen and oxygen atoms in total. The summed E-state index contributed by atoms with van der Waals surface area (Å²) >= 11 is 1.44. The van der Waals surface area contributed by atoms with Crippen LogP contribution in [0.5, 0.6) is 0 Å². The summed E-state index contributed by atoms with van der Waals surface area (Å²) in [6.45, 7) is 8.08. The van der Waals surface area contributed by atoms with Crippen molar-refractivity contribution in [1.29, 1.82) is 0 Å². The number of β-amino-alcohol motifs (C(OH)–C–C–N with tert-alkyl or cyclic N) is 1. The number of amides is 1. The lowest BCUT2D eigenvalue weighted by molar-refractivity contribution is -0.142. The van der Waals surface area contributed by atoms with Gasteiger partial charge in [0, 0.05) is 67.5 Å². The molecule has 0 saturated carbocycles. The molecule has 0 radical (unpaired) electrons. The first-order valence-electron chi connectivity index (χ1n) is 15.2. The Labute approximate surface area is 264 Å². The van der Waals surface area contributed by atoms with Gasteiger partial charge in [0.1, 0.15) is 22.3 Å². The topological polar surface area (TPSA) is 77.2 Å². The van der Waals surface area contributed by atoms with Crippen molar-refractivity contribution in [1.82, 2.24) is 24.2 Å². The van der Waals surface area contributed by atoms with Crippen LogP contribution >= 0.6 is 11.3 Å². The number of halogens is 2. The molecule has 232 valence electrons. The molecule has 1 amide bonds. The normalized spacial score (nSPS) is 16.0. The SMILES string of the molecule is CCc1nc2ccc(N3CCN(CC(=O)N4CC(O)C4)CC3)cn2c1-c1ccc(-c2nc(-c3ccc(F)cc3)cs2)c(C)c1F. The van der Waals surface area contributed by atoms with Crippen molar-refractivity contribution in [3.63, 3.8) is 0 Å². The number of nitrogens with zero attached hydrogens (tertiary/aromatic N) is 6. The van der Waals surface area contributed by atoms with Crippen LogP contribution in [0.15, 0.2) is 60.1 Å². The molecule has 2 saturated heterocycles. The number of likely N-dealkylation sites (tertiary alicyclic amines) is 1. The van der Waals surface area contributed by atoms with Crippen molar-refractivity contribution in [2.75, 3.05) is 50.7 Å². The molecule has 1 N–H and O–H groups in total. The van der Waals surface area contributed by atoms with Gasteiger partial charge >= 0.3 is 0 Å². The summed E-state index contributed by atoms with van der Waals surface area (Å²) in [5, 5.41) is 12.1. The van der Waals surface area contributed by atoms with Crippen molar-refractivity contribution < 1.29 is 18.7 Å². The van der Waals surface area contributed by atoms with E-state index in [9.17, 15) is 14.3 Å². The second-order valence-electron chi connectivity index (χ2n) is 11.7. The Balaban J connectivity index is 1.14. The molecule has 11 heteroatoms. The van der Waals surface area contributed by atoms with Crippen molar-refractivity contribution in [2.24, 2.45) is 0 Å². The van der Waals surface area contributed by atoms with Crippen molar-refractivity contribution in [3.05, 3.63) is 83.0 Å². The number of fused-ring (bicyclic) bond motifs is 1. The Morgan fingerprint density at radius 2 is 1.71 bits per heavy atom. The predicted octanol–water partition coefficient (Wildman–Crippen LogP) is 5.27. The third kappa shape index (κ3) is 5.60. The highest BCUT2D eigenvalue weighted by molar-refractivity contribution is 7.13. The van der Waals surface area contributed by atoms with Crippen LogP contribution in [0.4, 0.5) is 14.5 Å². The Bertz CT molecular complexity index is 1870. The number of benzene rings is 2. The van der Waals surface area contributed by atoms with Gasteiger partial charge in [0.2, 0.25) is 5.91 Å².